The first kappa shape index (κ1) is 13.6. The molecule has 0 spiro atoms. The molecule has 0 saturated carbocycles. The minimum atomic E-state index is 0.271. The number of rotatable bonds is 6. The Labute approximate surface area is 103 Å². The smallest absolute Gasteiger partial charge is 0.0431 e. The molecule has 0 radical (unpaired) electrons. The molecule has 3 heteroatoms. The van der Waals surface area contributed by atoms with E-state index < -0.39 is 0 Å². The molecule has 1 aromatic rings. The molecule has 0 heterocycles. The standard InChI is InChI=1S/C13H21NOS/c1-14(2)13(5-4-10-15)11-6-8-12(16-3)9-7-11/h6-9,13,15H,4-5,10H2,1-3H3. The summed E-state index contributed by atoms with van der Waals surface area (Å²) in [6.07, 6.45) is 3.94. The van der Waals surface area contributed by atoms with Gasteiger partial charge in [0.2, 0.25) is 0 Å². The van der Waals surface area contributed by atoms with Crippen molar-refractivity contribution < 1.29 is 5.11 Å². The van der Waals surface area contributed by atoms with Crippen LogP contribution in [0.25, 0.3) is 0 Å². The van der Waals surface area contributed by atoms with Crippen molar-refractivity contribution in [3.63, 3.8) is 0 Å². The van der Waals surface area contributed by atoms with Gasteiger partial charge in [0.25, 0.3) is 0 Å². The van der Waals surface area contributed by atoms with Crippen LogP contribution in [0.15, 0.2) is 29.2 Å². The number of nitrogens with zero attached hydrogens (tertiary/aromatic N) is 1. The first-order valence-corrected chi connectivity index (χ1v) is 6.82. The van der Waals surface area contributed by atoms with E-state index in [9.17, 15) is 0 Å². The normalized spacial score (nSPS) is 13.1. The van der Waals surface area contributed by atoms with E-state index in [0.29, 0.717) is 6.04 Å². The van der Waals surface area contributed by atoms with Gasteiger partial charge < -0.3 is 10.0 Å². The van der Waals surface area contributed by atoms with Crippen molar-refractivity contribution in [1.29, 1.82) is 0 Å². The molecular formula is C13H21NOS. The molecule has 2 nitrogen and oxygen atoms in total. The summed E-state index contributed by atoms with van der Waals surface area (Å²) >= 11 is 1.76. The first-order chi connectivity index (χ1) is 7.69. The quantitative estimate of drug-likeness (QED) is 0.772. The first-order valence-electron chi connectivity index (χ1n) is 5.60. The van der Waals surface area contributed by atoms with Crippen LogP contribution in [0.1, 0.15) is 24.4 Å². The van der Waals surface area contributed by atoms with Gasteiger partial charge in [-0.2, -0.15) is 0 Å². The highest BCUT2D eigenvalue weighted by Gasteiger charge is 2.13. The topological polar surface area (TPSA) is 23.5 Å². The Morgan fingerprint density at radius 2 is 1.88 bits per heavy atom. The SMILES string of the molecule is CSc1ccc(C(CCCO)N(C)C)cc1. The Hall–Kier alpha value is -0.510. The summed E-state index contributed by atoms with van der Waals surface area (Å²) in [4.78, 5) is 3.51. The van der Waals surface area contributed by atoms with Crippen molar-refractivity contribution in [3.8, 4) is 0 Å². The Balaban J connectivity index is 2.75. The van der Waals surface area contributed by atoms with Gasteiger partial charge in [0, 0.05) is 17.5 Å². The molecule has 0 fully saturated rings. The Bertz CT molecular complexity index is 297. The summed E-state index contributed by atoms with van der Waals surface area (Å²) in [6, 6.07) is 9.11. The maximum atomic E-state index is 8.90. The van der Waals surface area contributed by atoms with Crippen LogP contribution >= 0.6 is 11.8 Å². The summed E-state index contributed by atoms with van der Waals surface area (Å²) in [5.74, 6) is 0. The van der Waals surface area contributed by atoms with Gasteiger partial charge in [-0.15, -0.1) is 11.8 Å². The van der Waals surface area contributed by atoms with Gasteiger partial charge in [0.05, 0.1) is 0 Å². The van der Waals surface area contributed by atoms with Crippen molar-refractivity contribution in [2.75, 3.05) is 27.0 Å². The fourth-order valence-electron chi connectivity index (χ4n) is 1.83. The second kappa shape index (κ2) is 6.94. The third-order valence-electron chi connectivity index (χ3n) is 2.76. The minimum Gasteiger partial charge on any atom is -0.396 e. The van der Waals surface area contributed by atoms with E-state index in [1.54, 1.807) is 11.8 Å². The fraction of sp³-hybridized carbons (Fsp3) is 0.538. The third kappa shape index (κ3) is 3.81. The molecule has 0 aliphatic heterocycles. The molecule has 1 N–H and O–H groups in total. The van der Waals surface area contributed by atoms with Gasteiger partial charge in [-0.3, -0.25) is 0 Å². The Morgan fingerprint density at radius 1 is 1.25 bits per heavy atom. The molecule has 1 rings (SSSR count). The molecule has 0 aliphatic rings. The van der Waals surface area contributed by atoms with E-state index in [-0.39, 0.29) is 6.61 Å². The molecule has 0 aliphatic carbocycles. The van der Waals surface area contributed by atoms with Crippen LogP contribution < -0.4 is 0 Å². The van der Waals surface area contributed by atoms with Crippen LogP contribution in [0, 0.1) is 0 Å². The predicted octanol–water partition coefficient (Wildman–Crippen LogP) is 2.78. The highest BCUT2D eigenvalue weighted by Crippen LogP contribution is 2.25. The lowest BCUT2D eigenvalue weighted by Gasteiger charge is -2.24. The summed E-state index contributed by atoms with van der Waals surface area (Å²) in [6.45, 7) is 0.271. The monoisotopic (exact) mass is 239 g/mol. The summed E-state index contributed by atoms with van der Waals surface area (Å²) in [5.41, 5.74) is 1.33. The number of aliphatic hydroxyl groups excluding tert-OH is 1. The molecule has 1 aromatic carbocycles. The maximum absolute atomic E-state index is 8.90. The van der Waals surface area contributed by atoms with E-state index in [1.807, 2.05) is 0 Å². The highest BCUT2D eigenvalue weighted by molar-refractivity contribution is 7.98. The van der Waals surface area contributed by atoms with Gasteiger partial charge in [-0.05, 0) is 50.9 Å². The van der Waals surface area contributed by atoms with Crippen molar-refractivity contribution >= 4 is 11.8 Å². The second-order valence-corrected chi connectivity index (χ2v) is 5.00. The van der Waals surface area contributed by atoms with Crippen LogP contribution in [-0.4, -0.2) is 37.0 Å². The molecule has 1 atom stereocenters. The molecule has 0 bridgehead atoms. The Kier molecular flexibility index (Phi) is 5.88. The summed E-state index contributed by atoms with van der Waals surface area (Å²) in [7, 11) is 4.18. The Morgan fingerprint density at radius 3 is 2.31 bits per heavy atom. The minimum absolute atomic E-state index is 0.271. The number of thioether (sulfide) groups is 1. The molecule has 0 saturated heterocycles. The number of hydrogen-bond donors (Lipinski definition) is 1. The van der Waals surface area contributed by atoms with E-state index in [4.69, 9.17) is 5.11 Å². The van der Waals surface area contributed by atoms with Gasteiger partial charge in [0.1, 0.15) is 0 Å². The number of hydrogen-bond acceptors (Lipinski definition) is 3. The van der Waals surface area contributed by atoms with Crippen molar-refractivity contribution in [2.24, 2.45) is 0 Å². The molecule has 1 unspecified atom stereocenters. The van der Waals surface area contributed by atoms with Crippen molar-refractivity contribution in [3.05, 3.63) is 29.8 Å². The molecule has 90 valence electrons. The van der Waals surface area contributed by atoms with Gasteiger partial charge in [-0.1, -0.05) is 12.1 Å². The number of aliphatic hydroxyl groups is 1. The zero-order chi connectivity index (χ0) is 12.0. The van der Waals surface area contributed by atoms with Gasteiger partial charge >= 0.3 is 0 Å². The van der Waals surface area contributed by atoms with E-state index >= 15 is 0 Å². The summed E-state index contributed by atoms with van der Waals surface area (Å²) < 4.78 is 0. The zero-order valence-corrected chi connectivity index (χ0v) is 11.1. The van der Waals surface area contributed by atoms with E-state index in [2.05, 4.69) is 49.5 Å². The third-order valence-corrected chi connectivity index (χ3v) is 3.50. The molecular weight excluding hydrogens is 218 g/mol. The largest absolute Gasteiger partial charge is 0.396 e. The lowest BCUT2D eigenvalue weighted by molar-refractivity contribution is 0.235. The van der Waals surface area contributed by atoms with Crippen LogP contribution in [0.3, 0.4) is 0 Å². The second-order valence-electron chi connectivity index (χ2n) is 4.12. The van der Waals surface area contributed by atoms with Crippen molar-refractivity contribution in [2.45, 2.75) is 23.8 Å². The van der Waals surface area contributed by atoms with Crippen molar-refractivity contribution in [1.82, 2.24) is 4.90 Å². The number of benzene rings is 1. The molecule has 0 amide bonds. The van der Waals surface area contributed by atoms with Crippen LogP contribution in [0.2, 0.25) is 0 Å². The van der Waals surface area contributed by atoms with Crippen LogP contribution in [0.4, 0.5) is 0 Å². The van der Waals surface area contributed by atoms with Gasteiger partial charge in [0.15, 0.2) is 0 Å². The van der Waals surface area contributed by atoms with E-state index in [1.165, 1.54) is 10.5 Å². The van der Waals surface area contributed by atoms with Gasteiger partial charge in [-0.25, -0.2) is 0 Å². The summed E-state index contributed by atoms with van der Waals surface area (Å²) in [5, 5.41) is 8.90. The van der Waals surface area contributed by atoms with Crippen LogP contribution in [0.5, 0.6) is 0 Å². The fourth-order valence-corrected chi connectivity index (χ4v) is 2.24. The lowest BCUT2D eigenvalue weighted by Crippen LogP contribution is -2.20. The van der Waals surface area contributed by atoms with Crippen LogP contribution in [-0.2, 0) is 0 Å². The lowest BCUT2D eigenvalue weighted by atomic mass is 10.0. The average molecular weight is 239 g/mol. The zero-order valence-electron chi connectivity index (χ0n) is 10.3. The van der Waals surface area contributed by atoms with E-state index in [0.717, 1.165) is 12.8 Å². The molecule has 0 aromatic heterocycles. The predicted molar refractivity (Wildman–Crippen MR) is 71.0 cm³/mol. The highest BCUT2D eigenvalue weighted by atomic mass is 32.2. The average Bonchev–Trinajstić information content (AvgIpc) is 2.30. The maximum Gasteiger partial charge on any atom is 0.0431 e. The molecule has 16 heavy (non-hydrogen) atoms.